The number of nitrogens with two attached hydrogens (primary N) is 2. The first-order chi connectivity index (χ1) is 18.1. The molecule has 0 fully saturated rings. The second kappa shape index (κ2) is 18.5. The molecule has 0 aromatic rings. The van der Waals surface area contributed by atoms with Crippen LogP contribution in [0.5, 0.6) is 0 Å². The minimum atomic E-state index is -1.15. The van der Waals surface area contributed by atoms with Crippen molar-refractivity contribution in [3.8, 4) is 0 Å². The van der Waals surface area contributed by atoms with Crippen molar-refractivity contribution in [2.75, 3.05) is 6.54 Å². The molecule has 0 aromatic heterocycles. The summed E-state index contributed by atoms with van der Waals surface area (Å²) in [4.78, 5) is 63.2. The fraction of sp³-hybridized carbons (Fsp3) is 0.815. The van der Waals surface area contributed by atoms with Gasteiger partial charge in [-0.15, -0.1) is 0 Å². The molecule has 0 spiro atoms. The summed E-state index contributed by atoms with van der Waals surface area (Å²) >= 11 is 0. The summed E-state index contributed by atoms with van der Waals surface area (Å²) in [7, 11) is 0. The van der Waals surface area contributed by atoms with Gasteiger partial charge in [0.05, 0.1) is 6.04 Å². The topological polar surface area (TPSA) is 206 Å². The van der Waals surface area contributed by atoms with Crippen LogP contribution in [0.2, 0.25) is 0 Å². The first kappa shape index (κ1) is 36.3. The Morgan fingerprint density at radius 3 is 1.56 bits per heavy atom. The van der Waals surface area contributed by atoms with Gasteiger partial charge in [-0.1, -0.05) is 41.5 Å². The largest absolute Gasteiger partial charge is 0.480 e. The summed E-state index contributed by atoms with van der Waals surface area (Å²) in [6, 6.07) is -4.77. The van der Waals surface area contributed by atoms with E-state index in [0.717, 1.165) is 0 Å². The number of carbonyl (C=O) groups is 5. The zero-order chi connectivity index (χ0) is 30.3. The van der Waals surface area contributed by atoms with Gasteiger partial charge in [0.2, 0.25) is 23.6 Å². The van der Waals surface area contributed by atoms with Crippen LogP contribution in [0.15, 0.2) is 0 Å². The van der Waals surface area contributed by atoms with Crippen LogP contribution in [0.1, 0.15) is 87.0 Å². The van der Waals surface area contributed by atoms with E-state index in [1.165, 1.54) is 6.92 Å². The van der Waals surface area contributed by atoms with Gasteiger partial charge < -0.3 is 37.8 Å². The third kappa shape index (κ3) is 15.4. The van der Waals surface area contributed by atoms with Crippen molar-refractivity contribution in [2.45, 2.75) is 117 Å². The van der Waals surface area contributed by atoms with Crippen LogP contribution in [0.3, 0.4) is 0 Å². The van der Waals surface area contributed by atoms with Crippen LogP contribution >= 0.6 is 0 Å². The van der Waals surface area contributed by atoms with E-state index in [9.17, 15) is 29.1 Å². The highest BCUT2D eigenvalue weighted by Gasteiger charge is 2.31. The molecule has 0 unspecified atom stereocenters. The van der Waals surface area contributed by atoms with Crippen molar-refractivity contribution in [1.29, 1.82) is 0 Å². The van der Waals surface area contributed by atoms with Crippen LogP contribution in [0.4, 0.5) is 0 Å². The average Bonchev–Trinajstić information content (AvgIpc) is 2.81. The second-order valence-electron chi connectivity index (χ2n) is 11.5. The minimum absolute atomic E-state index is 0.0185. The third-order valence-corrected chi connectivity index (χ3v) is 6.06. The van der Waals surface area contributed by atoms with Gasteiger partial charge in [-0.05, 0) is 69.7 Å². The van der Waals surface area contributed by atoms with Gasteiger partial charge in [0, 0.05) is 0 Å². The Bertz CT molecular complexity index is 804. The lowest BCUT2D eigenvalue weighted by atomic mass is 10.00. The lowest BCUT2D eigenvalue weighted by Crippen LogP contribution is -2.58. The molecule has 0 aromatic carbocycles. The van der Waals surface area contributed by atoms with E-state index in [0.29, 0.717) is 25.8 Å². The second-order valence-corrected chi connectivity index (χ2v) is 11.5. The normalized spacial score (nSPS) is 15.3. The summed E-state index contributed by atoms with van der Waals surface area (Å²) in [5.41, 5.74) is 11.5. The van der Waals surface area contributed by atoms with Crippen LogP contribution in [0.25, 0.3) is 0 Å². The number of unbranched alkanes of at least 4 members (excludes halogenated alkanes) is 1. The molecule has 39 heavy (non-hydrogen) atoms. The van der Waals surface area contributed by atoms with Gasteiger partial charge in [0.15, 0.2) is 0 Å². The summed E-state index contributed by atoms with van der Waals surface area (Å²) in [6.45, 7) is 13.2. The first-order valence-electron chi connectivity index (χ1n) is 14.0. The van der Waals surface area contributed by atoms with Gasteiger partial charge in [0.25, 0.3) is 0 Å². The van der Waals surface area contributed by atoms with Crippen molar-refractivity contribution < 1.29 is 29.1 Å². The SMILES string of the molecule is CC(C)C[C@H](NC(=O)[C@H](CC(C)C)NC(=O)[C@H](CCCCN)NC(=O)[C@H](C)NC(=O)[C@@H](N)CC(C)C)C(=O)O. The molecular weight excluding hydrogens is 504 g/mol. The number of carboxylic acids is 1. The van der Waals surface area contributed by atoms with E-state index in [1.807, 2.05) is 41.5 Å². The standard InChI is InChI=1S/C27H52N6O6/c1-15(2)12-19(29)24(35)30-18(7)23(34)31-20(10-8-9-11-28)25(36)32-21(13-16(3)4)26(37)33-22(27(38)39)14-17(5)6/h15-22H,8-14,28-29H2,1-7H3,(H,30,35)(H,31,34)(H,32,36)(H,33,37)(H,38,39)/t18-,19-,20-,21-,22-/m0/s1. The lowest BCUT2D eigenvalue weighted by molar-refractivity contribution is -0.143. The van der Waals surface area contributed by atoms with Crippen molar-refractivity contribution in [1.82, 2.24) is 21.3 Å². The number of rotatable bonds is 19. The van der Waals surface area contributed by atoms with E-state index in [2.05, 4.69) is 21.3 Å². The Hall–Kier alpha value is -2.73. The minimum Gasteiger partial charge on any atom is -0.480 e. The number of carbonyl (C=O) groups excluding carboxylic acids is 4. The Morgan fingerprint density at radius 2 is 1.08 bits per heavy atom. The molecule has 0 aliphatic heterocycles. The fourth-order valence-electron chi connectivity index (χ4n) is 4.00. The predicted molar refractivity (Wildman–Crippen MR) is 150 cm³/mol. The van der Waals surface area contributed by atoms with Gasteiger partial charge in [-0.3, -0.25) is 19.2 Å². The van der Waals surface area contributed by atoms with Gasteiger partial charge in [-0.2, -0.15) is 0 Å². The molecule has 12 nitrogen and oxygen atoms in total. The predicted octanol–water partition coefficient (Wildman–Crippen LogP) is 0.625. The molecule has 0 bridgehead atoms. The van der Waals surface area contributed by atoms with Crippen LogP contribution in [0, 0.1) is 17.8 Å². The first-order valence-corrected chi connectivity index (χ1v) is 14.0. The smallest absolute Gasteiger partial charge is 0.326 e. The van der Waals surface area contributed by atoms with Crippen molar-refractivity contribution >= 4 is 29.6 Å². The highest BCUT2D eigenvalue weighted by molar-refractivity contribution is 5.95. The molecule has 9 N–H and O–H groups in total. The molecule has 12 heteroatoms. The molecule has 0 rings (SSSR count). The van der Waals surface area contributed by atoms with E-state index < -0.39 is 59.8 Å². The molecule has 5 atom stereocenters. The average molecular weight is 557 g/mol. The van der Waals surface area contributed by atoms with E-state index >= 15 is 0 Å². The summed E-state index contributed by atoms with van der Waals surface area (Å²) in [5, 5.41) is 20.0. The summed E-state index contributed by atoms with van der Waals surface area (Å²) in [6.07, 6.45) is 2.42. The van der Waals surface area contributed by atoms with Crippen LogP contribution < -0.4 is 32.7 Å². The fourth-order valence-corrected chi connectivity index (χ4v) is 4.00. The molecule has 0 saturated carbocycles. The Kier molecular flexibility index (Phi) is 17.2. The molecule has 0 radical (unpaired) electrons. The number of aliphatic carboxylic acids is 1. The zero-order valence-electron chi connectivity index (χ0n) is 24.7. The molecule has 0 aliphatic carbocycles. The maximum Gasteiger partial charge on any atom is 0.326 e. The van der Waals surface area contributed by atoms with Crippen LogP contribution in [-0.2, 0) is 24.0 Å². The van der Waals surface area contributed by atoms with E-state index in [4.69, 9.17) is 11.5 Å². The number of hydrogen-bond acceptors (Lipinski definition) is 7. The van der Waals surface area contributed by atoms with E-state index in [1.54, 1.807) is 0 Å². The third-order valence-electron chi connectivity index (χ3n) is 6.06. The Labute approximate surface area is 233 Å². The van der Waals surface area contributed by atoms with Crippen molar-refractivity contribution in [3.63, 3.8) is 0 Å². The van der Waals surface area contributed by atoms with Gasteiger partial charge >= 0.3 is 5.97 Å². The monoisotopic (exact) mass is 556 g/mol. The molecule has 226 valence electrons. The van der Waals surface area contributed by atoms with Crippen molar-refractivity contribution in [3.05, 3.63) is 0 Å². The number of hydrogen-bond donors (Lipinski definition) is 7. The van der Waals surface area contributed by atoms with Gasteiger partial charge in [0.1, 0.15) is 24.2 Å². The Balaban J connectivity index is 5.57. The Morgan fingerprint density at radius 1 is 0.615 bits per heavy atom. The number of nitrogens with one attached hydrogen (secondary N) is 4. The molecule has 4 amide bonds. The molecular formula is C27H52N6O6. The molecule has 0 heterocycles. The van der Waals surface area contributed by atoms with E-state index in [-0.39, 0.29) is 37.0 Å². The number of amides is 4. The summed E-state index contributed by atoms with van der Waals surface area (Å²) < 4.78 is 0. The maximum atomic E-state index is 13.3. The van der Waals surface area contributed by atoms with Crippen molar-refractivity contribution in [2.24, 2.45) is 29.2 Å². The quantitative estimate of drug-likeness (QED) is 0.112. The molecule has 0 aliphatic rings. The highest BCUT2D eigenvalue weighted by Crippen LogP contribution is 2.10. The zero-order valence-corrected chi connectivity index (χ0v) is 24.7. The number of carboxylic acid groups (broad SMARTS) is 1. The highest BCUT2D eigenvalue weighted by atomic mass is 16.4. The maximum absolute atomic E-state index is 13.3. The summed E-state index contributed by atoms with van der Waals surface area (Å²) in [5.74, 6) is -3.09. The molecule has 0 saturated heterocycles. The lowest BCUT2D eigenvalue weighted by Gasteiger charge is -2.27. The van der Waals surface area contributed by atoms with Gasteiger partial charge in [-0.25, -0.2) is 4.79 Å². The van der Waals surface area contributed by atoms with Crippen LogP contribution in [-0.4, -0.2) is 71.5 Å².